The largest absolute Gasteiger partial charge is 0.338 e. The molecule has 0 aliphatic heterocycles. The molecule has 0 saturated carbocycles. The molecule has 0 aromatic carbocycles. The van der Waals surface area contributed by atoms with Crippen LogP contribution in [0.3, 0.4) is 0 Å². The molecular formula is C32H65O4P. The van der Waals surface area contributed by atoms with Gasteiger partial charge in [-0.15, -0.1) is 0 Å². The summed E-state index contributed by atoms with van der Waals surface area (Å²) < 4.78 is 12.2. The molecular weight excluding hydrogens is 479 g/mol. The van der Waals surface area contributed by atoms with Crippen molar-refractivity contribution in [3.63, 3.8) is 0 Å². The lowest BCUT2D eigenvalue weighted by atomic mass is 9.94. The molecule has 2 N–H and O–H groups in total. The summed E-state index contributed by atoms with van der Waals surface area (Å²) in [5.41, 5.74) is 0. The van der Waals surface area contributed by atoms with E-state index in [1.54, 1.807) is 0 Å². The van der Waals surface area contributed by atoms with Crippen LogP contribution in [-0.2, 0) is 9.36 Å². The Hall–Kier alpha value is -0.180. The molecule has 0 amide bonds. The molecule has 0 saturated heterocycles. The van der Waals surface area contributed by atoms with Gasteiger partial charge in [-0.2, -0.15) is 0 Å². The van der Waals surface area contributed by atoms with Gasteiger partial charge in [0, 0.05) is 0 Å². The van der Waals surface area contributed by atoms with Gasteiger partial charge in [0.1, 0.15) is 11.4 Å². The second kappa shape index (κ2) is 26.1. The maximum atomic E-state index is 12.2. The van der Waals surface area contributed by atoms with Crippen LogP contribution in [0.4, 0.5) is 0 Å². The summed E-state index contributed by atoms with van der Waals surface area (Å²) in [6.07, 6.45) is 33.3. The number of rotatable bonds is 30. The first-order chi connectivity index (χ1) is 17.9. The highest BCUT2D eigenvalue weighted by Crippen LogP contribution is 2.54. The van der Waals surface area contributed by atoms with E-state index in [2.05, 4.69) is 13.8 Å². The van der Waals surface area contributed by atoms with E-state index in [1.165, 1.54) is 128 Å². The molecule has 37 heavy (non-hydrogen) atoms. The molecule has 5 heteroatoms. The molecule has 0 aliphatic rings. The molecule has 0 radical (unpaired) electrons. The fourth-order valence-corrected chi connectivity index (χ4v) is 6.54. The lowest BCUT2D eigenvalue weighted by molar-refractivity contribution is -0.110. The Balaban J connectivity index is 3.87. The predicted molar refractivity (Wildman–Crippen MR) is 161 cm³/mol. The van der Waals surface area contributed by atoms with Gasteiger partial charge in [-0.25, -0.2) is 0 Å². The topological polar surface area (TPSA) is 74.6 Å². The molecule has 0 heterocycles. The minimum absolute atomic E-state index is 0.330. The zero-order chi connectivity index (χ0) is 27.5. The van der Waals surface area contributed by atoms with Crippen LogP contribution in [0.25, 0.3) is 0 Å². The Labute approximate surface area is 231 Å². The maximum absolute atomic E-state index is 12.2. The van der Waals surface area contributed by atoms with E-state index in [4.69, 9.17) is 0 Å². The highest BCUT2D eigenvalue weighted by atomic mass is 31.2. The summed E-state index contributed by atoms with van der Waals surface area (Å²) in [6.45, 7) is 4.51. The van der Waals surface area contributed by atoms with Gasteiger partial charge in [0.25, 0.3) is 0 Å². The van der Waals surface area contributed by atoms with Crippen LogP contribution < -0.4 is 0 Å². The van der Waals surface area contributed by atoms with Gasteiger partial charge >= 0.3 is 7.60 Å². The van der Waals surface area contributed by atoms with Crippen LogP contribution in [0.5, 0.6) is 0 Å². The SMILES string of the molecule is CCCCCCCCCCCCCCCCC(C=O)(CCCCCCCCCCCCCC)P(=O)(O)O. The van der Waals surface area contributed by atoms with Crippen molar-refractivity contribution in [3.05, 3.63) is 0 Å². The minimum Gasteiger partial charge on any atom is -0.324 e. The number of hydrogen-bond donors (Lipinski definition) is 2. The zero-order valence-corrected chi connectivity index (χ0v) is 25.9. The second-order valence-electron chi connectivity index (χ2n) is 11.8. The van der Waals surface area contributed by atoms with Gasteiger partial charge in [-0.1, -0.05) is 181 Å². The summed E-state index contributed by atoms with van der Waals surface area (Å²) in [6, 6.07) is 0. The summed E-state index contributed by atoms with van der Waals surface area (Å²) in [4.78, 5) is 31.9. The first kappa shape index (κ1) is 36.8. The van der Waals surface area contributed by atoms with Crippen molar-refractivity contribution in [2.45, 2.75) is 199 Å². The zero-order valence-electron chi connectivity index (χ0n) is 25.0. The van der Waals surface area contributed by atoms with Crippen LogP contribution in [0.2, 0.25) is 0 Å². The molecule has 0 aromatic heterocycles. The Morgan fingerprint density at radius 1 is 0.459 bits per heavy atom. The molecule has 0 fully saturated rings. The van der Waals surface area contributed by atoms with E-state index in [-0.39, 0.29) is 0 Å². The van der Waals surface area contributed by atoms with Crippen molar-refractivity contribution in [3.8, 4) is 0 Å². The lowest BCUT2D eigenvalue weighted by Gasteiger charge is -2.29. The predicted octanol–water partition coefficient (Wildman–Crippen LogP) is 11.1. The fraction of sp³-hybridized carbons (Fsp3) is 0.969. The third-order valence-electron chi connectivity index (χ3n) is 8.23. The first-order valence-corrected chi connectivity index (χ1v) is 18.1. The van der Waals surface area contributed by atoms with E-state index in [1.807, 2.05) is 0 Å². The van der Waals surface area contributed by atoms with Crippen LogP contribution >= 0.6 is 7.60 Å². The molecule has 222 valence electrons. The van der Waals surface area contributed by atoms with Crippen LogP contribution in [0.1, 0.15) is 194 Å². The molecule has 0 rings (SSSR count). The average molecular weight is 545 g/mol. The van der Waals surface area contributed by atoms with Crippen LogP contribution in [0.15, 0.2) is 0 Å². The van der Waals surface area contributed by atoms with Crippen molar-refractivity contribution in [1.82, 2.24) is 0 Å². The van der Waals surface area contributed by atoms with E-state index < -0.39 is 12.8 Å². The van der Waals surface area contributed by atoms with Crippen molar-refractivity contribution >= 4 is 13.9 Å². The highest BCUT2D eigenvalue weighted by Gasteiger charge is 2.45. The second-order valence-corrected chi connectivity index (χ2v) is 13.7. The van der Waals surface area contributed by atoms with E-state index in [0.717, 1.165) is 38.5 Å². The molecule has 4 nitrogen and oxygen atoms in total. The van der Waals surface area contributed by atoms with Gasteiger partial charge in [-0.05, 0) is 12.8 Å². The summed E-state index contributed by atoms with van der Waals surface area (Å²) in [5.74, 6) is 0. The Morgan fingerprint density at radius 2 is 0.676 bits per heavy atom. The number of hydrogen-bond acceptors (Lipinski definition) is 2. The smallest absolute Gasteiger partial charge is 0.324 e. The Morgan fingerprint density at radius 3 is 0.865 bits per heavy atom. The third kappa shape index (κ3) is 21.3. The Kier molecular flexibility index (Phi) is 25.9. The molecule has 0 aromatic rings. The molecule has 0 aliphatic carbocycles. The van der Waals surface area contributed by atoms with E-state index >= 15 is 0 Å². The number of unbranched alkanes of at least 4 members (excludes halogenated alkanes) is 24. The quantitative estimate of drug-likeness (QED) is 0.0535. The van der Waals surface area contributed by atoms with Gasteiger partial charge in [-0.3, -0.25) is 4.57 Å². The van der Waals surface area contributed by atoms with Gasteiger partial charge < -0.3 is 14.6 Å². The molecule has 1 unspecified atom stereocenters. The molecule has 0 spiro atoms. The monoisotopic (exact) mass is 544 g/mol. The number of aldehydes is 1. The maximum Gasteiger partial charge on any atom is 0.338 e. The lowest BCUT2D eigenvalue weighted by Crippen LogP contribution is -2.31. The first-order valence-electron chi connectivity index (χ1n) is 16.5. The molecule has 0 bridgehead atoms. The van der Waals surface area contributed by atoms with Gasteiger partial charge in [0.2, 0.25) is 0 Å². The van der Waals surface area contributed by atoms with Crippen molar-refractivity contribution in [2.24, 2.45) is 0 Å². The highest BCUT2D eigenvalue weighted by molar-refractivity contribution is 7.54. The standard InChI is InChI=1S/C32H65O4P/c1-3-5-7-9-11-13-15-17-18-20-22-24-26-28-30-32(31-33,37(34,35)36)29-27-25-23-21-19-16-14-12-10-8-6-4-2/h31H,3-30H2,1-2H3,(H2,34,35,36). The van der Waals surface area contributed by atoms with Crippen molar-refractivity contribution in [1.29, 1.82) is 0 Å². The summed E-state index contributed by atoms with van der Waals surface area (Å²) in [7, 11) is -4.44. The van der Waals surface area contributed by atoms with Crippen LogP contribution in [0, 0.1) is 0 Å². The summed E-state index contributed by atoms with van der Waals surface area (Å²) >= 11 is 0. The Bertz CT molecular complexity index is 533. The van der Waals surface area contributed by atoms with Gasteiger partial charge in [0.15, 0.2) is 0 Å². The normalized spacial score (nSPS) is 13.6. The summed E-state index contributed by atoms with van der Waals surface area (Å²) in [5, 5.41) is -1.46. The minimum atomic E-state index is -4.44. The average Bonchev–Trinajstić information content (AvgIpc) is 2.87. The number of carbonyl (C=O) groups excluding carboxylic acids is 1. The number of carbonyl (C=O) groups is 1. The fourth-order valence-electron chi connectivity index (χ4n) is 5.50. The third-order valence-corrected chi connectivity index (χ3v) is 9.94. The van der Waals surface area contributed by atoms with Gasteiger partial charge in [0.05, 0.1) is 0 Å². The van der Waals surface area contributed by atoms with E-state index in [0.29, 0.717) is 19.1 Å². The van der Waals surface area contributed by atoms with Crippen LogP contribution in [-0.4, -0.2) is 21.2 Å². The van der Waals surface area contributed by atoms with Crippen molar-refractivity contribution < 1.29 is 19.1 Å². The van der Waals surface area contributed by atoms with E-state index in [9.17, 15) is 19.1 Å². The van der Waals surface area contributed by atoms with Crippen molar-refractivity contribution in [2.75, 3.05) is 0 Å². The molecule has 1 atom stereocenters.